The van der Waals surface area contributed by atoms with Crippen molar-refractivity contribution in [2.45, 2.75) is 51.5 Å². The summed E-state index contributed by atoms with van der Waals surface area (Å²) >= 11 is 0. The summed E-state index contributed by atoms with van der Waals surface area (Å²) in [4.78, 5) is 11.7. The average molecular weight is 224 g/mol. The summed E-state index contributed by atoms with van der Waals surface area (Å²) in [6, 6.07) is -0.302. The van der Waals surface area contributed by atoms with Crippen molar-refractivity contribution < 1.29 is 4.79 Å². The molecule has 1 amide bonds. The van der Waals surface area contributed by atoms with Crippen LogP contribution >= 0.6 is 0 Å². The number of hydrogen-bond acceptors (Lipinski definition) is 2. The molecule has 0 radical (unpaired) electrons. The van der Waals surface area contributed by atoms with Crippen molar-refractivity contribution >= 4 is 5.91 Å². The van der Waals surface area contributed by atoms with E-state index in [9.17, 15) is 4.79 Å². The highest BCUT2D eigenvalue weighted by Gasteiger charge is 2.39. The van der Waals surface area contributed by atoms with Crippen LogP contribution in [0.1, 0.15) is 45.4 Å². The number of rotatable bonds is 5. The molecule has 2 bridgehead atoms. The monoisotopic (exact) mass is 224 g/mol. The van der Waals surface area contributed by atoms with Gasteiger partial charge < -0.3 is 11.1 Å². The van der Waals surface area contributed by atoms with E-state index in [0.29, 0.717) is 0 Å². The fourth-order valence-electron chi connectivity index (χ4n) is 3.43. The second-order valence-corrected chi connectivity index (χ2v) is 5.58. The smallest absolute Gasteiger partial charge is 0.236 e. The van der Waals surface area contributed by atoms with Crippen LogP contribution in [-0.4, -0.2) is 18.5 Å². The predicted molar refractivity (Wildman–Crippen MR) is 64.8 cm³/mol. The van der Waals surface area contributed by atoms with Crippen LogP contribution < -0.4 is 11.1 Å². The second kappa shape index (κ2) is 5.17. The van der Waals surface area contributed by atoms with Gasteiger partial charge in [0, 0.05) is 6.54 Å². The van der Waals surface area contributed by atoms with Gasteiger partial charge in [0.2, 0.25) is 5.91 Å². The zero-order chi connectivity index (χ0) is 11.5. The molecule has 0 aliphatic heterocycles. The van der Waals surface area contributed by atoms with Gasteiger partial charge in [-0.05, 0) is 43.4 Å². The number of fused-ring (bicyclic) bond motifs is 2. The molecule has 0 spiro atoms. The van der Waals surface area contributed by atoms with E-state index in [2.05, 4.69) is 12.2 Å². The molecule has 2 rings (SSSR count). The Morgan fingerprint density at radius 2 is 2.25 bits per heavy atom. The van der Waals surface area contributed by atoms with Crippen molar-refractivity contribution in [3.8, 4) is 0 Å². The maximum atomic E-state index is 11.7. The van der Waals surface area contributed by atoms with Crippen molar-refractivity contribution in [3.63, 3.8) is 0 Å². The largest absolute Gasteiger partial charge is 0.354 e. The first-order chi connectivity index (χ1) is 7.70. The molecular weight excluding hydrogens is 200 g/mol. The quantitative estimate of drug-likeness (QED) is 0.746. The molecule has 0 aromatic heterocycles. The molecule has 92 valence electrons. The van der Waals surface area contributed by atoms with E-state index in [4.69, 9.17) is 5.73 Å². The van der Waals surface area contributed by atoms with Gasteiger partial charge in [-0.25, -0.2) is 0 Å². The minimum atomic E-state index is -0.302. The Morgan fingerprint density at radius 3 is 2.81 bits per heavy atom. The zero-order valence-electron chi connectivity index (χ0n) is 10.2. The van der Waals surface area contributed by atoms with E-state index >= 15 is 0 Å². The number of nitrogens with one attached hydrogen (secondary N) is 1. The molecule has 0 saturated heterocycles. The maximum Gasteiger partial charge on any atom is 0.236 e. The highest BCUT2D eigenvalue weighted by atomic mass is 16.2. The summed E-state index contributed by atoms with van der Waals surface area (Å²) in [7, 11) is 0. The molecule has 3 N–H and O–H groups in total. The van der Waals surface area contributed by atoms with Gasteiger partial charge in [-0.1, -0.05) is 19.8 Å². The van der Waals surface area contributed by atoms with Gasteiger partial charge in [0.25, 0.3) is 0 Å². The molecule has 16 heavy (non-hydrogen) atoms. The van der Waals surface area contributed by atoms with Gasteiger partial charge in [-0.15, -0.1) is 0 Å². The molecule has 2 aliphatic rings. The SMILES string of the molecule is CCCC(N)C(=O)NCC1CC2CCC1C2. The topological polar surface area (TPSA) is 55.1 Å². The molecule has 4 unspecified atom stereocenters. The van der Waals surface area contributed by atoms with E-state index in [1.807, 2.05) is 0 Å². The van der Waals surface area contributed by atoms with Crippen LogP contribution in [0.4, 0.5) is 0 Å². The van der Waals surface area contributed by atoms with Crippen LogP contribution in [0.5, 0.6) is 0 Å². The number of nitrogens with two attached hydrogens (primary N) is 1. The van der Waals surface area contributed by atoms with Crippen LogP contribution in [0.25, 0.3) is 0 Å². The Balaban J connectivity index is 1.69. The maximum absolute atomic E-state index is 11.7. The fourth-order valence-corrected chi connectivity index (χ4v) is 3.43. The summed E-state index contributed by atoms with van der Waals surface area (Å²) < 4.78 is 0. The van der Waals surface area contributed by atoms with Gasteiger partial charge >= 0.3 is 0 Å². The number of carbonyl (C=O) groups is 1. The third-order valence-corrected chi connectivity index (χ3v) is 4.36. The summed E-state index contributed by atoms with van der Waals surface area (Å²) in [6.45, 7) is 2.92. The first kappa shape index (κ1) is 11.9. The Morgan fingerprint density at radius 1 is 1.44 bits per heavy atom. The van der Waals surface area contributed by atoms with E-state index in [1.165, 1.54) is 25.7 Å². The van der Waals surface area contributed by atoms with Crippen LogP contribution in [0.2, 0.25) is 0 Å². The summed E-state index contributed by atoms with van der Waals surface area (Å²) in [5.41, 5.74) is 5.78. The van der Waals surface area contributed by atoms with Crippen molar-refractivity contribution in [2.75, 3.05) is 6.54 Å². The van der Waals surface area contributed by atoms with Gasteiger partial charge in [0.15, 0.2) is 0 Å². The molecule has 2 aliphatic carbocycles. The fraction of sp³-hybridized carbons (Fsp3) is 0.923. The Bertz CT molecular complexity index is 254. The molecule has 0 aromatic carbocycles. The van der Waals surface area contributed by atoms with Crippen molar-refractivity contribution in [2.24, 2.45) is 23.5 Å². The lowest BCUT2D eigenvalue weighted by molar-refractivity contribution is -0.122. The van der Waals surface area contributed by atoms with E-state index in [0.717, 1.165) is 37.1 Å². The zero-order valence-corrected chi connectivity index (χ0v) is 10.2. The molecule has 0 aromatic rings. The number of hydrogen-bond donors (Lipinski definition) is 2. The normalized spacial score (nSPS) is 34.0. The lowest BCUT2D eigenvalue weighted by Gasteiger charge is -2.22. The highest BCUT2D eigenvalue weighted by Crippen LogP contribution is 2.47. The van der Waals surface area contributed by atoms with Crippen molar-refractivity contribution in [3.05, 3.63) is 0 Å². The standard InChI is InChI=1S/C13H24N2O/c1-2-3-12(14)13(16)15-8-11-7-9-4-5-10(11)6-9/h9-12H,2-8,14H2,1H3,(H,15,16). The number of amides is 1. The van der Waals surface area contributed by atoms with Crippen molar-refractivity contribution in [1.82, 2.24) is 5.32 Å². The van der Waals surface area contributed by atoms with Crippen LogP contribution in [0.15, 0.2) is 0 Å². The van der Waals surface area contributed by atoms with Gasteiger partial charge in [-0.3, -0.25) is 4.79 Å². The van der Waals surface area contributed by atoms with E-state index in [-0.39, 0.29) is 11.9 Å². The molecular formula is C13H24N2O. The summed E-state index contributed by atoms with van der Waals surface area (Å²) in [6.07, 6.45) is 7.30. The van der Waals surface area contributed by atoms with Crippen LogP contribution in [-0.2, 0) is 4.79 Å². The Kier molecular flexibility index (Phi) is 3.85. The van der Waals surface area contributed by atoms with Gasteiger partial charge in [0.1, 0.15) is 0 Å². The molecule has 0 heterocycles. The van der Waals surface area contributed by atoms with E-state index < -0.39 is 0 Å². The number of carbonyl (C=O) groups excluding carboxylic acids is 1. The highest BCUT2D eigenvalue weighted by molar-refractivity contribution is 5.81. The average Bonchev–Trinajstić information content (AvgIpc) is 2.87. The first-order valence-corrected chi connectivity index (χ1v) is 6.74. The molecule has 3 nitrogen and oxygen atoms in total. The third kappa shape index (κ3) is 2.57. The summed E-state index contributed by atoms with van der Waals surface area (Å²) in [5, 5.41) is 3.03. The second-order valence-electron chi connectivity index (χ2n) is 5.58. The van der Waals surface area contributed by atoms with Crippen molar-refractivity contribution in [1.29, 1.82) is 0 Å². The van der Waals surface area contributed by atoms with Gasteiger partial charge in [0.05, 0.1) is 6.04 Å². The van der Waals surface area contributed by atoms with Crippen LogP contribution in [0, 0.1) is 17.8 Å². The minimum absolute atomic E-state index is 0.0459. The molecule has 2 saturated carbocycles. The minimum Gasteiger partial charge on any atom is -0.354 e. The van der Waals surface area contributed by atoms with Gasteiger partial charge in [-0.2, -0.15) is 0 Å². The Labute approximate surface area is 98.2 Å². The first-order valence-electron chi connectivity index (χ1n) is 6.74. The summed E-state index contributed by atoms with van der Waals surface area (Å²) in [5.74, 6) is 2.62. The third-order valence-electron chi connectivity index (χ3n) is 4.36. The predicted octanol–water partition coefficient (Wildman–Crippen LogP) is 1.67. The Hall–Kier alpha value is -0.570. The molecule has 2 fully saturated rings. The van der Waals surface area contributed by atoms with Crippen LogP contribution in [0.3, 0.4) is 0 Å². The lowest BCUT2D eigenvalue weighted by atomic mass is 9.89. The molecule has 4 atom stereocenters. The lowest BCUT2D eigenvalue weighted by Crippen LogP contribution is -2.42. The molecule has 3 heteroatoms. The van der Waals surface area contributed by atoms with E-state index in [1.54, 1.807) is 0 Å².